The number of nitrogens with two attached hydrogens (primary N) is 1. The number of carboxylic acid groups (broad SMARTS) is 1. The van der Waals surface area contributed by atoms with Crippen LogP contribution in [0.25, 0.3) is 0 Å². The summed E-state index contributed by atoms with van der Waals surface area (Å²) in [7, 11) is 3.06. The van der Waals surface area contributed by atoms with Crippen LogP contribution in [0.4, 0.5) is 0 Å². The van der Waals surface area contributed by atoms with Crippen LogP contribution in [0, 0.1) is 6.92 Å². The van der Waals surface area contributed by atoms with Crippen LogP contribution in [-0.2, 0) is 4.79 Å². The average molecular weight is 318 g/mol. The molecule has 0 aliphatic heterocycles. The number of methoxy groups -OCH3 is 2. The van der Waals surface area contributed by atoms with Gasteiger partial charge in [0, 0.05) is 6.04 Å². The molecule has 1 aromatic carbocycles. The number of carboxylic acids is 1. The lowest BCUT2D eigenvalue weighted by Crippen LogP contribution is -2.16. The molecule has 1 atom stereocenters. The number of benzene rings is 1. The van der Waals surface area contributed by atoms with Gasteiger partial charge in [0.25, 0.3) is 0 Å². The van der Waals surface area contributed by atoms with Gasteiger partial charge in [0.15, 0.2) is 11.5 Å². The average Bonchev–Trinajstić information content (AvgIpc) is 2.31. The van der Waals surface area contributed by atoms with Crippen LogP contribution in [0.3, 0.4) is 0 Å². The molecule has 0 aromatic heterocycles. The Labute approximate surface area is 114 Å². The van der Waals surface area contributed by atoms with E-state index in [0.717, 1.165) is 15.6 Å². The van der Waals surface area contributed by atoms with Gasteiger partial charge in [0.2, 0.25) is 0 Å². The van der Waals surface area contributed by atoms with Gasteiger partial charge in [-0.05, 0) is 40.0 Å². The van der Waals surface area contributed by atoms with Gasteiger partial charge in [0.05, 0.1) is 25.1 Å². The Morgan fingerprint density at radius 2 is 2.11 bits per heavy atom. The van der Waals surface area contributed by atoms with E-state index in [1.165, 1.54) is 7.11 Å². The first-order valence-electron chi connectivity index (χ1n) is 5.30. The Morgan fingerprint density at radius 3 is 2.56 bits per heavy atom. The molecule has 0 spiro atoms. The third-order valence-electron chi connectivity index (χ3n) is 2.69. The molecule has 1 rings (SSSR count). The monoisotopic (exact) mass is 317 g/mol. The van der Waals surface area contributed by atoms with Gasteiger partial charge in [-0.25, -0.2) is 0 Å². The minimum atomic E-state index is -0.937. The first-order valence-corrected chi connectivity index (χ1v) is 6.10. The van der Waals surface area contributed by atoms with Gasteiger partial charge in [0.1, 0.15) is 0 Å². The minimum absolute atomic E-state index is 0.136. The summed E-state index contributed by atoms with van der Waals surface area (Å²) in [6.45, 7) is 1.85. The van der Waals surface area contributed by atoms with Gasteiger partial charge < -0.3 is 20.3 Å². The molecule has 3 N–H and O–H groups in total. The molecule has 0 aliphatic rings. The third kappa shape index (κ3) is 2.94. The molecular weight excluding hydrogens is 302 g/mol. The number of halogens is 1. The second-order valence-corrected chi connectivity index (χ2v) is 4.64. The zero-order valence-corrected chi connectivity index (χ0v) is 12.1. The van der Waals surface area contributed by atoms with Crippen molar-refractivity contribution in [2.75, 3.05) is 14.2 Å². The molecular formula is C12H16BrNO4. The fourth-order valence-electron chi connectivity index (χ4n) is 1.75. The molecule has 0 aliphatic carbocycles. The first-order chi connectivity index (χ1) is 8.42. The highest BCUT2D eigenvalue weighted by atomic mass is 79.9. The lowest BCUT2D eigenvalue weighted by Gasteiger charge is -2.18. The Bertz CT molecular complexity index is 462. The highest BCUT2D eigenvalue weighted by Crippen LogP contribution is 2.41. The maximum Gasteiger partial charge on any atom is 0.305 e. The van der Waals surface area contributed by atoms with Crippen molar-refractivity contribution in [3.8, 4) is 11.5 Å². The predicted molar refractivity (Wildman–Crippen MR) is 71.2 cm³/mol. The van der Waals surface area contributed by atoms with Crippen molar-refractivity contribution >= 4 is 21.9 Å². The van der Waals surface area contributed by atoms with Crippen LogP contribution in [-0.4, -0.2) is 25.3 Å². The van der Waals surface area contributed by atoms with E-state index < -0.39 is 12.0 Å². The summed E-state index contributed by atoms with van der Waals surface area (Å²) in [5, 5.41) is 8.79. The van der Waals surface area contributed by atoms with Crippen molar-refractivity contribution in [1.29, 1.82) is 0 Å². The fraction of sp³-hybridized carbons (Fsp3) is 0.417. The van der Waals surface area contributed by atoms with Crippen LogP contribution < -0.4 is 15.2 Å². The molecule has 5 nitrogen and oxygen atoms in total. The van der Waals surface area contributed by atoms with Gasteiger partial charge in [-0.15, -0.1) is 0 Å². The van der Waals surface area contributed by atoms with Crippen molar-refractivity contribution < 1.29 is 19.4 Å². The molecule has 1 aromatic rings. The quantitative estimate of drug-likeness (QED) is 0.870. The van der Waals surface area contributed by atoms with Crippen molar-refractivity contribution in [2.24, 2.45) is 5.73 Å². The predicted octanol–water partition coefficient (Wildman–Crippen LogP) is 2.25. The van der Waals surface area contributed by atoms with Gasteiger partial charge in [-0.2, -0.15) is 0 Å². The number of aliphatic carboxylic acids is 1. The van der Waals surface area contributed by atoms with Crippen LogP contribution in [0.1, 0.15) is 23.6 Å². The molecule has 0 bridgehead atoms. The summed E-state index contributed by atoms with van der Waals surface area (Å²) in [4.78, 5) is 10.7. The highest BCUT2D eigenvalue weighted by molar-refractivity contribution is 9.10. The standard InChI is InChI=1S/C12H16BrNO4/c1-6-7(8(14)5-10(15)16)4-9(17-2)12(18-3)11(6)13/h4,8H,5,14H2,1-3H3,(H,15,16). The number of ether oxygens (including phenoxy) is 2. The van der Waals surface area contributed by atoms with Crippen molar-refractivity contribution in [2.45, 2.75) is 19.4 Å². The zero-order chi connectivity index (χ0) is 13.9. The summed E-state index contributed by atoms with van der Waals surface area (Å²) < 4.78 is 11.2. The molecule has 0 fully saturated rings. The largest absolute Gasteiger partial charge is 0.493 e. The molecule has 18 heavy (non-hydrogen) atoms. The topological polar surface area (TPSA) is 81.8 Å². The van der Waals surface area contributed by atoms with Crippen molar-refractivity contribution in [1.82, 2.24) is 0 Å². The number of rotatable bonds is 5. The van der Waals surface area contributed by atoms with E-state index in [4.69, 9.17) is 20.3 Å². The van der Waals surface area contributed by atoms with E-state index in [0.29, 0.717) is 11.5 Å². The summed E-state index contributed by atoms with van der Waals surface area (Å²) >= 11 is 3.41. The minimum Gasteiger partial charge on any atom is -0.493 e. The molecule has 0 heterocycles. The summed E-state index contributed by atoms with van der Waals surface area (Å²) in [5.41, 5.74) is 7.46. The van der Waals surface area contributed by atoms with E-state index in [-0.39, 0.29) is 6.42 Å². The Morgan fingerprint density at radius 1 is 1.50 bits per heavy atom. The first kappa shape index (κ1) is 14.8. The summed E-state index contributed by atoms with van der Waals surface area (Å²) in [6, 6.07) is 1.13. The van der Waals surface area contributed by atoms with Gasteiger partial charge in [-0.1, -0.05) is 0 Å². The van der Waals surface area contributed by atoms with Crippen LogP contribution >= 0.6 is 15.9 Å². The lowest BCUT2D eigenvalue weighted by molar-refractivity contribution is -0.137. The second-order valence-electron chi connectivity index (χ2n) is 3.84. The molecule has 0 radical (unpaired) electrons. The maximum atomic E-state index is 10.7. The normalized spacial score (nSPS) is 12.1. The SMILES string of the molecule is COc1cc(C(N)CC(=O)O)c(C)c(Br)c1OC. The molecule has 100 valence electrons. The Hall–Kier alpha value is -1.27. The van der Waals surface area contributed by atoms with Gasteiger partial charge >= 0.3 is 5.97 Å². The molecule has 0 saturated carbocycles. The number of carbonyl (C=O) groups is 1. The highest BCUT2D eigenvalue weighted by Gasteiger charge is 2.20. The lowest BCUT2D eigenvalue weighted by atomic mass is 9.98. The third-order valence-corrected chi connectivity index (χ3v) is 3.64. The molecule has 0 saturated heterocycles. The van der Waals surface area contributed by atoms with Crippen LogP contribution in [0.5, 0.6) is 11.5 Å². The smallest absolute Gasteiger partial charge is 0.305 e. The Balaban J connectivity index is 3.29. The maximum absolute atomic E-state index is 10.7. The number of hydrogen-bond donors (Lipinski definition) is 2. The van der Waals surface area contributed by atoms with E-state index >= 15 is 0 Å². The zero-order valence-electron chi connectivity index (χ0n) is 10.5. The van der Waals surface area contributed by atoms with Crippen molar-refractivity contribution in [3.63, 3.8) is 0 Å². The summed E-state index contributed by atoms with van der Waals surface area (Å²) in [5.74, 6) is 0.153. The molecule has 6 heteroatoms. The van der Waals surface area contributed by atoms with Crippen molar-refractivity contribution in [3.05, 3.63) is 21.7 Å². The van der Waals surface area contributed by atoms with E-state index in [9.17, 15) is 4.79 Å². The fourth-order valence-corrected chi connectivity index (χ4v) is 2.33. The van der Waals surface area contributed by atoms with E-state index in [2.05, 4.69) is 15.9 Å². The second kappa shape index (κ2) is 6.06. The number of hydrogen-bond acceptors (Lipinski definition) is 4. The van der Waals surface area contributed by atoms with Crippen LogP contribution in [0.2, 0.25) is 0 Å². The molecule has 0 amide bonds. The van der Waals surface area contributed by atoms with E-state index in [1.54, 1.807) is 13.2 Å². The van der Waals surface area contributed by atoms with Crippen LogP contribution in [0.15, 0.2) is 10.5 Å². The van der Waals surface area contributed by atoms with Gasteiger partial charge in [-0.3, -0.25) is 4.79 Å². The summed E-state index contributed by atoms with van der Waals surface area (Å²) in [6.07, 6.45) is -0.136. The molecule has 1 unspecified atom stereocenters. The Kier molecular flexibility index (Phi) is 4.98. The van der Waals surface area contributed by atoms with E-state index in [1.807, 2.05) is 6.92 Å².